The quantitative estimate of drug-likeness (QED) is 0.499. The lowest BCUT2D eigenvalue weighted by Crippen LogP contribution is -1.92. The summed E-state index contributed by atoms with van der Waals surface area (Å²) in [5.74, 6) is 1.01. The molecule has 0 atom stereocenters. The van der Waals surface area contributed by atoms with Crippen LogP contribution in [0.1, 0.15) is 0 Å². The number of rotatable bonds is 4. The largest absolute Gasteiger partial charge is 0.496 e. The van der Waals surface area contributed by atoms with Crippen LogP contribution in [-0.2, 0) is 0 Å². The van der Waals surface area contributed by atoms with Crippen LogP contribution in [-0.4, -0.2) is 37.1 Å². The number of para-hydroxylation sites is 1. The minimum atomic E-state index is -0.287. The zero-order chi connectivity index (χ0) is 19.1. The van der Waals surface area contributed by atoms with E-state index in [4.69, 9.17) is 4.74 Å². The lowest BCUT2D eigenvalue weighted by atomic mass is 10.1. The molecule has 0 bridgehead atoms. The SMILES string of the molecule is COc1ccccc1-c1nn2c(-c3cc(-c4ccc(F)cc4)n[nH]3)nnc2s1. The molecule has 28 heavy (non-hydrogen) atoms. The topological polar surface area (TPSA) is 81.0 Å². The van der Waals surface area contributed by atoms with Crippen molar-refractivity contribution in [2.45, 2.75) is 0 Å². The van der Waals surface area contributed by atoms with Crippen LogP contribution in [0.2, 0.25) is 0 Å². The highest BCUT2D eigenvalue weighted by Crippen LogP contribution is 2.33. The molecule has 3 aromatic heterocycles. The van der Waals surface area contributed by atoms with Gasteiger partial charge >= 0.3 is 0 Å². The molecule has 0 spiro atoms. The second kappa shape index (κ2) is 6.54. The highest BCUT2D eigenvalue weighted by molar-refractivity contribution is 7.19. The molecule has 7 nitrogen and oxygen atoms in total. The smallest absolute Gasteiger partial charge is 0.235 e. The summed E-state index contributed by atoms with van der Waals surface area (Å²) >= 11 is 1.42. The minimum Gasteiger partial charge on any atom is -0.496 e. The summed E-state index contributed by atoms with van der Waals surface area (Å²) < 4.78 is 20.2. The predicted molar refractivity (Wildman–Crippen MR) is 104 cm³/mol. The van der Waals surface area contributed by atoms with Crippen molar-refractivity contribution in [2.24, 2.45) is 0 Å². The Morgan fingerprint density at radius 2 is 1.89 bits per heavy atom. The average Bonchev–Trinajstić information content (AvgIpc) is 3.44. The van der Waals surface area contributed by atoms with Crippen molar-refractivity contribution in [3.05, 3.63) is 60.4 Å². The summed E-state index contributed by atoms with van der Waals surface area (Å²) in [5.41, 5.74) is 3.05. The molecule has 1 N–H and O–H groups in total. The normalized spacial score (nSPS) is 11.2. The summed E-state index contributed by atoms with van der Waals surface area (Å²) in [4.78, 5) is 0.661. The second-order valence-corrected chi connectivity index (χ2v) is 6.96. The predicted octanol–water partition coefficient (Wildman–Crippen LogP) is 4.06. The number of ether oxygens (including phenoxy) is 1. The first-order valence-electron chi connectivity index (χ1n) is 8.40. The third kappa shape index (κ3) is 2.72. The maximum Gasteiger partial charge on any atom is 0.235 e. The molecule has 0 aliphatic rings. The number of halogens is 1. The minimum absolute atomic E-state index is 0.287. The van der Waals surface area contributed by atoms with Crippen molar-refractivity contribution < 1.29 is 9.13 Å². The second-order valence-electron chi connectivity index (χ2n) is 6.00. The van der Waals surface area contributed by atoms with Gasteiger partial charge in [0.05, 0.1) is 18.4 Å². The van der Waals surface area contributed by atoms with Gasteiger partial charge in [0.2, 0.25) is 10.8 Å². The van der Waals surface area contributed by atoms with Crippen LogP contribution >= 0.6 is 11.3 Å². The number of methoxy groups -OCH3 is 1. The number of H-pyrrole nitrogens is 1. The van der Waals surface area contributed by atoms with Crippen molar-refractivity contribution in [3.63, 3.8) is 0 Å². The molecule has 0 saturated carbocycles. The molecule has 0 radical (unpaired) electrons. The highest BCUT2D eigenvalue weighted by atomic mass is 32.1. The number of hydrogen-bond acceptors (Lipinski definition) is 6. The molecular formula is C19H13FN6OS. The number of nitrogens with one attached hydrogen (secondary N) is 1. The lowest BCUT2D eigenvalue weighted by Gasteiger charge is -2.03. The zero-order valence-corrected chi connectivity index (χ0v) is 15.4. The Labute approximate surface area is 162 Å². The standard InChI is InChI=1S/C19H13FN6OS/c1-27-16-5-3-2-4-13(16)18-25-26-17(23-24-19(26)28-18)15-10-14(21-22-15)11-6-8-12(20)9-7-11/h2-10H,1H3,(H,21,22). The Morgan fingerprint density at radius 1 is 1.07 bits per heavy atom. The van der Waals surface area contributed by atoms with Crippen molar-refractivity contribution in [1.82, 2.24) is 30.0 Å². The summed E-state index contributed by atoms with van der Waals surface area (Å²) in [6, 6.07) is 15.7. The average molecular weight is 392 g/mol. The first kappa shape index (κ1) is 16.6. The van der Waals surface area contributed by atoms with Crippen molar-refractivity contribution in [1.29, 1.82) is 0 Å². The third-order valence-corrected chi connectivity index (χ3v) is 5.22. The van der Waals surface area contributed by atoms with Gasteiger partial charge in [-0.2, -0.15) is 14.7 Å². The Morgan fingerprint density at radius 3 is 2.71 bits per heavy atom. The Hall–Kier alpha value is -3.59. The van der Waals surface area contributed by atoms with E-state index in [-0.39, 0.29) is 5.82 Å². The van der Waals surface area contributed by atoms with Gasteiger partial charge in [-0.15, -0.1) is 10.2 Å². The van der Waals surface area contributed by atoms with Crippen LogP contribution < -0.4 is 4.74 Å². The Bertz CT molecular complexity index is 1270. The van der Waals surface area contributed by atoms with E-state index < -0.39 is 0 Å². The molecule has 0 unspecified atom stereocenters. The molecule has 0 aliphatic carbocycles. The highest BCUT2D eigenvalue weighted by Gasteiger charge is 2.18. The maximum absolute atomic E-state index is 13.1. The van der Waals surface area contributed by atoms with E-state index in [0.717, 1.165) is 21.9 Å². The molecule has 3 heterocycles. The fourth-order valence-electron chi connectivity index (χ4n) is 2.92. The zero-order valence-electron chi connectivity index (χ0n) is 14.6. The van der Waals surface area contributed by atoms with Gasteiger partial charge in [0.15, 0.2) is 5.01 Å². The number of aromatic nitrogens is 6. The van der Waals surface area contributed by atoms with Crippen LogP contribution in [0.5, 0.6) is 5.75 Å². The van der Waals surface area contributed by atoms with E-state index in [1.807, 2.05) is 30.3 Å². The van der Waals surface area contributed by atoms with Gasteiger partial charge in [-0.05, 0) is 42.5 Å². The van der Waals surface area contributed by atoms with Crippen LogP contribution in [0.3, 0.4) is 0 Å². The van der Waals surface area contributed by atoms with Gasteiger partial charge in [0.25, 0.3) is 0 Å². The number of fused-ring (bicyclic) bond motifs is 1. The van der Waals surface area contributed by atoms with E-state index in [1.165, 1.54) is 23.5 Å². The van der Waals surface area contributed by atoms with Gasteiger partial charge in [-0.1, -0.05) is 23.5 Å². The summed E-state index contributed by atoms with van der Waals surface area (Å²) in [7, 11) is 1.63. The molecular weight excluding hydrogens is 379 g/mol. The van der Waals surface area contributed by atoms with Gasteiger partial charge in [-0.25, -0.2) is 4.39 Å². The number of aromatic amines is 1. The summed E-state index contributed by atoms with van der Waals surface area (Å²) in [6.45, 7) is 0. The third-order valence-electron chi connectivity index (χ3n) is 4.29. The molecule has 0 saturated heterocycles. The lowest BCUT2D eigenvalue weighted by molar-refractivity contribution is 0.416. The van der Waals surface area contributed by atoms with Crippen molar-refractivity contribution in [2.75, 3.05) is 7.11 Å². The van der Waals surface area contributed by atoms with E-state index in [1.54, 1.807) is 23.8 Å². The molecule has 138 valence electrons. The number of hydrogen-bond donors (Lipinski definition) is 1. The first-order valence-corrected chi connectivity index (χ1v) is 9.22. The fourth-order valence-corrected chi connectivity index (χ4v) is 3.79. The maximum atomic E-state index is 13.1. The van der Waals surface area contributed by atoms with Crippen LogP contribution in [0, 0.1) is 5.82 Å². The van der Waals surface area contributed by atoms with E-state index in [2.05, 4.69) is 25.5 Å². The molecule has 5 rings (SSSR count). The fraction of sp³-hybridized carbons (Fsp3) is 0.0526. The Kier molecular flexibility index (Phi) is 3.87. The van der Waals surface area contributed by atoms with E-state index in [9.17, 15) is 4.39 Å². The summed E-state index contributed by atoms with van der Waals surface area (Å²) in [6.07, 6.45) is 0. The molecule has 2 aromatic carbocycles. The van der Waals surface area contributed by atoms with E-state index in [0.29, 0.717) is 22.2 Å². The van der Waals surface area contributed by atoms with Gasteiger partial charge in [0, 0.05) is 5.56 Å². The first-order chi connectivity index (χ1) is 13.7. The molecule has 9 heteroatoms. The van der Waals surface area contributed by atoms with Gasteiger partial charge in [-0.3, -0.25) is 5.10 Å². The number of nitrogens with zero attached hydrogens (tertiary/aromatic N) is 5. The van der Waals surface area contributed by atoms with E-state index >= 15 is 0 Å². The van der Waals surface area contributed by atoms with Crippen molar-refractivity contribution >= 4 is 16.3 Å². The molecule has 0 amide bonds. The van der Waals surface area contributed by atoms with Crippen LogP contribution in [0.25, 0.3) is 38.3 Å². The van der Waals surface area contributed by atoms with Crippen molar-refractivity contribution in [3.8, 4) is 39.1 Å². The van der Waals surface area contributed by atoms with Crippen LogP contribution in [0.4, 0.5) is 4.39 Å². The molecule has 0 fully saturated rings. The van der Waals surface area contributed by atoms with Gasteiger partial charge in [0.1, 0.15) is 17.3 Å². The van der Waals surface area contributed by atoms with Crippen LogP contribution in [0.15, 0.2) is 54.6 Å². The Balaban J connectivity index is 1.55. The van der Waals surface area contributed by atoms with Gasteiger partial charge < -0.3 is 4.74 Å². The summed E-state index contributed by atoms with van der Waals surface area (Å²) in [5, 5.41) is 21.1. The molecule has 5 aromatic rings. The molecule has 0 aliphatic heterocycles. The number of benzene rings is 2. The monoisotopic (exact) mass is 392 g/mol.